The quantitative estimate of drug-likeness (QED) is 0.766. The number of ether oxygens (including phenoxy) is 2. The average Bonchev–Trinajstić information content (AvgIpc) is 2.68. The lowest BCUT2D eigenvalue weighted by Gasteiger charge is -2.36. The highest BCUT2D eigenvalue weighted by Gasteiger charge is 2.45. The van der Waals surface area contributed by atoms with E-state index in [0.29, 0.717) is 22.6 Å². The highest BCUT2D eigenvalue weighted by molar-refractivity contribution is 5.85. The van der Waals surface area contributed by atoms with E-state index in [1.54, 1.807) is 36.4 Å². The molecule has 1 aliphatic rings. The molecule has 0 saturated carbocycles. The molecule has 27 heavy (non-hydrogen) atoms. The number of benzene rings is 2. The van der Waals surface area contributed by atoms with Crippen LogP contribution < -0.4 is 14.8 Å². The molecule has 0 aromatic heterocycles. The van der Waals surface area contributed by atoms with Gasteiger partial charge < -0.3 is 25.0 Å². The van der Waals surface area contributed by atoms with Crippen LogP contribution in [0.5, 0.6) is 23.0 Å². The zero-order valence-electron chi connectivity index (χ0n) is 16.0. The van der Waals surface area contributed by atoms with E-state index in [4.69, 9.17) is 9.47 Å². The van der Waals surface area contributed by atoms with Gasteiger partial charge in [0.2, 0.25) is 0 Å². The Hall–Kier alpha value is -2.73. The van der Waals surface area contributed by atoms with Crippen molar-refractivity contribution in [3.63, 3.8) is 0 Å². The maximum absolute atomic E-state index is 13.0. The lowest BCUT2D eigenvalue weighted by Crippen LogP contribution is -2.91. The van der Waals surface area contributed by atoms with Crippen molar-refractivity contribution < 1.29 is 29.8 Å². The van der Waals surface area contributed by atoms with Gasteiger partial charge in [-0.2, -0.15) is 0 Å². The van der Waals surface area contributed by atoms with Gasteiger partial charge in [0, 0.05) is 0 Å². The summed E-state index contributed by atoms with van der Waals surface area (Å²) in [6.45, 7) is 3.75. The number of quaternary nitrogens is 1. The zero-order valence-corrected chi connectivity index (χ0v) is 16.0. The molecule has 1 fully saturated rings. The summed E-state index contributed by atoms with van der Waals surface area (Å²) < 4.78 is 10.4. The van der Waals surface area contributed by atoms with Crippen molar-refractivity contribution in [3.05, 3.63) is 47.5 Å². The van der Waals surface area contributed by atoms with Crippen molar-refractivity contribution in [1.82, 2.24) is 0 Å². The van der Waals surface area contributed by atoms with Crippen molar-refractivity contribution in [2.75, 3.05) is 14.2 Å². The van der Waals surface area contributed by atoms with E-state index in [1.807, 2.05) is 19.2 Å². The number of piperidine rings is 1. The standard InChI is InChI=1S/C21H25NO5/c1-11-17(13-7-5-9-15(26-3)20(13)24)22-18(12(2)19(11)23)14-8-6-10-16(27-4)21(14)25/h5-12,17-18,22,24-25H,1-4H3/p+1/t11-,12+,17-,18-/m0/s1. The maximum atomic E-state index is 13.0. The fraction of sp³-hybridized carbons (Fsp3) is 0.381. The van der Waals surface area contributed by atoms with Gasteiger partial charge in [0.15, 0.2) is 28.8 Å². The molecule has 6 heteroatoms. The predicted molar refractivity (Wildman–Crippen MR) is 100 cm³/mol. The van der Waals surface area contributed by atoms with E-state index < -0.39 is 0 Å². The van der Waals surface area contributed by atoms with Crippen molar-refractivity contribution >= 4 is 5.78 Å². The third-order valence-electron chi connectivity index (χ3n) is 5.61. The van der Waals surface area contributed by atoms with Crippen LogP contribution in [0.25, 0.3) is 0 Å². The van der Waals surface area contributed by atoms with Crippen LogP contribution in [-0.4, -0.2) is 30.2 Å². The van der Waals surface area contributed by atoms with Crippen LogP contribution in [0.15, 0.2) is 36.4 Å². The number of rotatable bonds is 4. The van der Waals surface area contributed by atoms with Gasteiger partial charge >= 0.3 is 0 Å². The van der Waals surface area contributed by atoms with Gasteiger partial charge in [0.25, 0.3) is 0 Å². The molecule has 0 aliphatic carbocycles. The van der Waals surface area contributed by atoms with Crippen molar-refractivity contribution in [3.8, 4) is 23.0 Å². The maximum Gasteiger partial charge on any atom is 0.166 e. The van der Waals surface area contributed by atoms with E-state index in [9.17, 15) is 15.0 Å². The molecule has 1 heterocycles. The Labute approximate surface area is 158 Å². The topological polar surface area (TPSA) is 92.6 Å². The van der Waals surface area contributed by atoms with E-state index in [0.717, 1.165) is 0 Å². The first kappa shape index (κ1) is 19.0. The molecule has 4 atom stereocenters. The Bertz CT molecular complexity index is 783. The van der Waals surface area contributed by atoms with Crippen LogP contribution >= 0.6 is 0 Å². The molecular formula is C21H26NO5+. The van der Waals surface area contributed by atoms with Crippen molar-refractivity contribution in [2.24, 2.45) is 11.8 Å². The number of carbonyl (C=O) groups is 1. The second kappa shape index (κ2) is 7.48. The summed E-state index contributed by atoms with van der Waals surface area (Å²) in [6.07, 6.45) is 0. The molecule has 0 spiro atoms. The van der Waals surface area contributed by atoms with Gasteiger partial charge in [-0.15, -0.1) is 0 Å². The molecule has 2 aromatic rings. The van der Waals surface area contributed by atoms with Gasteiger partial charge in [0.05, 0.1) is 37.2 Å². The van der Waals surface area contributed by atoms with E-state index >= 15 is 0 Å². The summed E-state index contributed by atoms with van der Waals surface area (Å²) in [5.41, 5.74) is 1.30. The second-order valence-corrected chi connectivity index (χ2v) is 7.02. The first-order chi connectivity index (χ1) is 12.9. The monoisotopic (exact) mass is 372 g/mol. The minimum atomic E-state index is -0.292. The lowest BCUT2D eigenvalue weighted by atomic mass is 9.76. The summed E-state index contributed by atoms with van der Waals surface area (Å²) in [5.74, 6) is 0.356. The number of nitrogens with two attached hydrogens (primary N) is 1. The summed E-state index contributed by atoms with van der Waals surface area (Å²) in [6, 6.07) is 10.00. The Balaban J connectivity index is 2.05. The first-order valence-electron chi connectivity index (χ1n) is 9.01. The number of ketones is 1. The second-order valence-electron chi connectivity index (χ2n) is 7.02. The first-order valence-corrected chi connectivity index (χ1v) is 9.01. The highest BCUT2D eigenvalue weighted by Crippen LogP contribution is 2.41. The fourth-order valence-corrected chi connectivity index (χ4v) is 4.02. The summed E-state index contributed by atoms with van der Waals surface area (Å²) >= 11 is 0. The lowest BCUT2D eigenvalue weighted by molar-refractivity contribution is -0.748. The zero-order chi connectivity index (χ0) is 19.7. The van der Waals surface area contributed by atoms with Crippen molar-refractivity contribution in [1.29, 1.82) is 0 Å². The molecule has 1 saturated heterocycles. The largest absolute Gasteiger partial charge is 0.504 e. The van der Waals surface area contributed by atoms with E-state index in [-0.39, 0.29) is 41.2 Å². The van der Waals surface area contributed by atoms with Crippen molar-refractivity contribution in [2.45, 2.75) is 25.9 Å². The summed E-state index contributed by atoms with van der Waals surface area (Å²) in [4.78, 5) is 13.0. The number of carbonyl (C=O) groups excluding carboxylic acids is 1. The molecule has 1 aliphatic heterocycles. The van der Waals surface area contributed by atoms with Crippen LogP contribution in [-0.2, 0) is 4.79 Å². The van der Waals surface area contributed by atoms with E-state index in [2.05, 4.69) is 0 Å². The smallest absolute Gasteiger partial charge is 0.166 e. The Morgan fingerprint density at radius 1 is 0.815 bits per heavy atom. The fourth-order valence-electron chi connectivity index (χ4n) is 4.02. The Morgan fingerprint density at radius 3 is 1.59 bits per heavy atom. The summed E-state index contributed by atoms with van der Waals surface area (Å²) in [7, 11) is 2.99. The molecule has 0 radical (unpaired) electrons. The minimum absolute atomic E-state index is 0.0454. The van der Waals surface area contributed by atoms with Gasteiger partial charge in [-0.1, -0.05) is 12.1 Å². The molecule has 0 bridgehead atoms. The Morgan fingerprint density at radius 2 is 1.22 bits per heavy atom. The molecule has 3 rings (SSSR count). The number of hydrogen-bond donors (Lipinski definition) is 3. The third kappa shape index (κ3) is 3.21. The molecule has 4 N–H and O–H groups in total. The number of hydrogen-bond acceptors (Lipinski definition) is 5. The van der Waals surface area contributed by atoms with Gasteiger partial charge in [0.1, 0.15) is 12.1 Å². The third-order valence-corrected chi connectivity index (χ3v) is 5.61. The minimum Gasteiger partial charge on any atom is -0.504 e. The number of methoxy groups -OCH3 is 2. The SMILES string of the molecule is COc1cccc([C@H]2[NH2+][C@H](c3cccc(OC)c3O)[C@@H](C)C(=O)[C@H]2C)c1O. The molecule has 144 valence electrons. The van der Waals surface area contributed by atoms with Crippen LogP contribution in [0.3, 0.4) is 0 Å². The molecule has 0 amide bonds. The number of aromatic hydroxyl groups is 2. The van der Waals surface area contributed by atoms with Crippen LogP contribution in [0, 0.1) is 11.8 Å². The number of phenolic OH excluding ortho intramolecular Hbond substituents is 2. The summed E-state index contributed by atoms with van der Waals surface area (Å²) in [5, 5.41) is 23.2. The van der Waals surface area contributed by atoms with E-state index in [1.165, 1.54) is 14.2 Å². The van der Waals surface area contributed by atoms with Gasteiger partial charge in [-0.25, -0.2) is 0 Å². The van der Waals surface area contributed by atoms with Gasteiger partial charge in [-0.3, -0.25) is 4.79 Å². The molecule has 6 nitrogen and oxygen atoms in total. The highest BCUT2D eigenvalue weighted by atomic mass is 16.5. The Kier molecular flexibility index (Phi) is 5.28. The molecule has 0 unspecified atom stereocenters. The van der Waals surface area contributed by atoms with Gasteiger partial charge in [-0.05, 0) is 38.1 Å². The van der Waals surface area contributed by atoms with Crippen LogP contribution in [0.4, 0.5) is 0 Å². The number of para-hydroxylation sites is 2. The molecular weight excluding hydrogens is 346 g/mol. The average molecular weight is 372 g/mol. The van der Waals surface area contributed by atoms with Crippen LogP contribution in [0.1, 0.15) is 37.1 Å². The predicted octanol–water partition coefficient (Wildman–Crippen LogP) is 2.32. The molecule has 2 aromatic carbocycles. The van der Waals surface area contributed by atoms with Crippen LogP contribution in [0.2, 0.25) is 0 Å². The number of Topliss-reactive ketones (excluding diaryl/α,β-unsaturated/α-hetero) is 1. The normalized spacial score (nSPS) is 25.3. The number of phenols is 2.